The van der Waals surface area contributed by atoms with E-state index in [0.29, 0.717) is 11.8 Å². The lowest BCUT2D eigenvalue weighted by molar-refractivity contribution is 0.225. The average Bonchev–Trinajstić information content (AvgIpc) is 2.57. The van der Waals surface area contributed by atoms with Gasteiger partial charge in [-0.1, -0.05) is 6.92 Å². The third-order valence-electron chi connectivity index (χ3n) is 3.57. The molecule has 102 valence electrons. The Balaban J connectivity index is 2.26. The Morgan fingerprint density at radius 1 is 1.29 bits per heavy atom. The van der Waals surface area contributed by atoms with E-state index in [-0.39, 0.29) is 5.75 Å². The molecule has 0 spiro atoms. The highest BCUT2D eigenvalue weighted by atomic mass is 32.2. The second-order valence-corrected chi connectivity index (χ2v) is 7.38. The normalized spacial score (nSPS) is 22.6. The highest BCUT2D eigenvalue weighted by Crippen LogP contribution is 2.12. The van der Waals surface area contributed by atoms with Crippen molar-refractivity contribution in [1.82, 2.24) is 10.2 Å². The van der Waals surface area contributed by atoms with Gasteiger partial charge in [-0.3, -0.25) is 0 Å². The van der Waals surface area contributed by atoms with Crippen molar-refractivity contribution in [3.05, 3.63) is 0 Å². The molecule has 1 aliphatic heterocycles. The van der Waals surface area contributed by atoms with E-state index in [0.717, 1.165) is 26.1 Å². The fourth-order valence-electron chi connectivity index (χ4n) is 2.30. The highest BCUT2D eigenvalue weighted by molar-refractivity contribution is 7.91. The van der Waals surface area contributed by atoms with Gasteiger partial charge in [-0.25, -0.2) is 8.42 Å². The fourth-order valence-corrected chi connectivity index (χ4v) is 3.16. The van der Waals surface area contributed by atoms with Gasteiger partial charge in [0.05, 0.1) is 5.75 Å². The number of sulfone groups is 1. The van der Waals surface area contributed by atoms with Gasteiger partial charge in [-0.05, 0) is 52.4 Å². The molecular weight excluding hydrogens is 236 g/mol. The van der Waals surface area contributed by atoms with Crippen molar-refractivity contribution >= 4 is 9.84 Å². The fraction of sp³-hybridized carbons (Fsp3) is 1.00. The molecular formula is C12H26N2O2S. The Kier molecular flexibility index (Phi) is 6.44. The Hall–Kier alpha value is -0.130. The molecule has 0 bridgehead atoms. The maximum atomic E-state index is 11.4. The molecule has 0 aromatic heterocycles. The molecule has 5 heteroatoms. The van der Waals surface area contributed by atoms with Crippen molar-refractivity contribution in [2.45, 2.75) is 38.6 Å². The molecule has 1 N–H and O–H groups in total. The number of nitrogens with zero attached hydrogens (tertiary/aromatic N) is 1. The minimum atomic E-state index is -2.79. The summed E-state index contributed by atoms with van der Waals surface area (Å²) in [6.07, 6.45) is 4.39. The van der Waals surface area contributed by atoms with E-state index >= 15 is 0 Å². The first-order valence-corrected chi connectivity index (χ1v) is 8.48. The van der Waals surface area contributed by atoms with Crippen molar-refractivity contribution < 1.29 is 8.42 Å². The minimum absolute atomic E-state index is 0.268. The van der Waals surface area contributed by atoms with Gasteiger partial charge in [0.2, 0.25) is 0 Å². The molecule has 0 saturated carbocycles. The molecule has 0 amide bonds. The van der Waals surface area contributed by atoms with Crippen molar-refractivity contribution in [2.24, 2.45) is 0 Å². The smallest absolute Gasteiger partial charge is 0.150 e. The predicted octanol–water partition coefficient (Wildman–Crippen LogP) is 0.885. The van der Waals surface area contributed by atoms with Crippen LogP contribution in [0, 0.1) is 0 Å². The Morgan fingerprint density at radius 2 is 2.06 bits per heavy atom. The molecule has 1 rings (SSSR count). The van der Waals surface area contributed by atoms with Crippen LogP contribution in [0.25, 0.3) is 0 Å². The van der Waals surface area contributed by atoms with Gasteiger partial charge in [0.25, 0.3) is 0 Å². The molecule has 1 saturated heterocycles. The number of hydrogen-bond donors (Lipinski definition) is 1. The molecule has 17 heavy (non-hydrogen) atoms. The van der Waals surface area contributed by atoms with Crippen LogP contribution in [-0.2, 0) is 9.84 Å². The average molecular weight is 262 g/mol. The third-order valence-corrected chi connectivity index (χ3v) is 5.36. The highest BCUT2D eigenvalue weighted by Gasteiger charge is 2.17. The molecule has 0 aliphatic carbocycles. The van der Waals surface area contributed by atoms with Crippen LogP contribution < -0.4 is 5.32 Å². The molecule has 1 fully saturated rings. The van der Waals surface area contributed by atoms with E-state index in [1.807, 2.05) is 0 Å². The van der Waals surface area contributed by atoms with E-state index in [4.69, 9.17) is 0 Å². The maximum Gasteiger partial charge on any atom is 0.150 e. The Labute approximate surface area is 106 Å². The van der Waals surface area contributed by atoms with Crippen molar-refractivity contribution in [3.63, 3.8) is 0 Å². The lowest BCUT2D eigenvalue weighted by Gasteiger charge is -2.26. The van der Waals surface area contributed by atoms with Gasteiger partial charge in [-0.15, -0.1) is 0 Å². The van der Waals surface area contributed by atoms with E-state index < -0.39 is 9.84 Å². The van der Waals surface area contributed by atoms with Crippen LogP contribution in [0.1, 0.15) is 32.6 Å². The van der Waals surface area contributed by atoms with Gasteiger partial charge in [0.15, 0.2) is 0 Å². The van der Waals surface area contributed by atoms with Crippen molar-refractivity contribution in [1.29, 1.82) is 0 Å². The summed E-state index contributed by atoms with van der Waals surface area (Å²) in [5.74, 6) is 0.600. The summed E-state index contributed by atoms with van der Waals surface area (Å²) < 4.78 is 22.8. The number of hydrogen-bond acceptors (Lipinski definition) is 4. The summed E-state index contributed by atoms with van der Waals surface area (Å²) in [5.41, 5.74) is 0. The van der Waals surface area contributed by atoms with Crippen LogP contribution in [0.2, 0.25) is 0 Å². The molecule has 0 radical (unpaired) electrons. The number of rotatable bonds is 6. The molecule has 1 unspecified atom stereocenters. The molecule has 1 aliphatic rings. The SMILES string of the molecule is CCS(=O)(=O)CCCN(C)C1CCCNCC1. The Bertz CT molecular complexity index is 296. The van der Waals surface area contributed by atoms with E-state index in [1.54, 1.807) is 6.92 Å². The summed E-state index contributed by atoms with van der Waals surface area (Å²) in [7, 11) is -0.673. The maximum absolute atomic E-state index is 11.4. The second kappa shape index (κ2) is 7.34. The summed E-state index contributed by atoms with van der Waals surface area (Å²) in [6, 6.07) is 0.620. The molecule has 1 atom stereocenters. The Morgan fingerprint density at radius 3 is 2.76 bits per heavy atom. The van der Waals surface area contributed by atoms with Crippen LogP contribution in [0.4, 0.5) is 0 Å². The van der Waals surface area contributed by atoms with Crippen LogP contribution in [-0.4, -0.2) is 57.5 Å². The zero-order valence-corrected chi connectivity index (χ0v) is 11.9. The van der Waals surface area contributed by atoms with Crippen LogP contribution >= 0.6 is 0 Å². The quantitative estimate of drug-likeness (QED) is 0.772. The van der Waals surface area contributed by atoms with Gasteiger partial charge >= 0.3 is 0 Å². The molecule has 4 nitrogen and oxygen atoms in total. The van der Waals surface area contributed by atoms with Crippen molar-refractivity contribution in [2.75, 3.05) is 38.2 Å². The number of nitrogens with one attached hydrogen (secondary N) is 1. The predicted molar refractivity (Wildman–Crippen MR) is 72.1 cm³/mol. The van der Waals surface area contributed by atoms with Crippen LogP contribution in [0.15, 0.2) is 0 Å². The largest absolute Gasteiger partial charge is 0.317 e. The van der Waals surface area contributed by atoms with Gasteiger partial charge in [0.1, 0.15) is 9.84 Å². The van der Waals surface area contributed by atoms with Crippen LogP contribution in [0.3, 0.4) is 0 Å². The summed E-state index contributed by atoms with van der Waals surface area (Å²) in [5, 5.41) is 3.40. The van der Waals surface area contributed by atoms with Gasteiger partial charge in [0, 0.05) is 11.8 Å². The summed E-state index contributed by atoms with van der Waals surface area (Å²) in [4.78, 5) is 2.33. The van der Waals surface area contributed by atoms with E-state index in [1.165, 1.54) is 19.3 Å². The third kappa shape index (κ3) is 5.84. The van der Waals surface area contributed by atoms with Gasteiger partial charge in [-0.2, -0.15) is 0 Å². The molecule has 0 aromatic carbocycles. The first kappa shape index (κ1) is 14.9. The standard InChI is InChI=1S/C12H26N2O2S/c1-3-17(15,16)11-5-10-14(2)12-6-4-8-13-9-7-12/h12-13H,3-11H2,1-2H3. The van der Waals surface area contributed by atoms with Gasteiger partial charge < -0.3 is 10.2 Å². The summed E-state index contributed by atoms with van der Waals surface area (Å²) >= 11 is 0. The minimum Gasteiger partial charge on any atom is -0.317 e. The van der Waals surface area contributed by atoms with E-state index in [2.05, 4.69) is 17.3 Å². The van der Waals surface area contributed by atoms with Crippen molar-refractivity contribution in [3.8, 4) is 0 Å². The second-order valence-electron chi connectivity index (χ2n) is 4.91. The molecule has 1 heterocycles. The summed E-state index contributed by atoms with van der Waals surface area (Å²) in [6.45, 7) is 4.82. The first-order chi connectivity index (χ1) is 8.05. The topological polar surface area (TPSA) is 49.4 Å². The first-order valence-electron chi connectivity index (χ1n) is 6.66. The molecule has 0 aromatic rings. The lowest BCUT2D eigenvalue weighted by Crippen LogP contribution is -2.34. The monoisotopic (exact) mass is 262 g/mol. The van der Waals surface area contributed by atoms with Crippen LogP contribution in [0.5, 0.6) is 0 Å². The lowest BCUT2D eigenvalue weighted by atomic mass is 10.1. The van der Waals surface area contributed by atoms with E-state index in [9.17, 15) is 8.42 Å². The zero-order valence-electron chi connectivity index (χ0n) is 11.1. The zero-order chi connectivity index (χ0) is 12.7.